The Morgan fingerprint density at radius 3 is 2.59 bits per heavy atom. The lowest BCUT2D eigenvalue weighted by Gasteiger charge is -2.21. The van der Waals surface area contributed by atoms with Crippen molar-refractivity contribution in [1.29, 1.82) is 0 Å². The lowest BCUT2D eigenvalue weighted by molar-refractivity contribution is 0.101. The van der Waals surface area contributed by atoms with Crippen LogP contribution in [0.2, 0.25) is 0 Å². The molecule has 3 aromatic rings. The first kappa shape index (κ1) is 24.6. The normalized spacial score (nSPS) is 12.3. The third-order valence-electron chi connectivity index (χ3n) is 5.42. The summed E-state index contributed by atoms with van der Waals surface area (Å²) in [5.74, 6) is 1.07. The minimum atomic E-state index is -1.01. The van der Waals surface area contributed by atoms with E-state index < -0.39 is 6.09 Å². The van der Waals surface area contributed by atoms with E-state index in [4.69, 9.17) is 15.8 Å². The number of nitrogen functional groups attached to an aromatic ring is 1. The van der Waals surface area contributed by atoms with Crippen molar-refractivity contribution in [3.8, 4) is 22.6 Å². The molecule has 0 bridgehead atoms. The number of ketones is 1. The molecule has 0 unspecified atom stereocenters. The summed E-state index contributed by atoms with van der Waals surface area (Å²) >= 11 is 0. The number of amides is 1. The van der Waals surface area contributed by atoms with Gasteiger partial charge in [-0.2, -0.15) is 0 Å². The van der Waals surface area contributed by atoms with Crippen molar-refractivity contribution in [1.82, 2.24) is 29.8 Å². The Labute approximate surface area is 197 Å². The number of nitrogens with zero attached hydrogens (tertiary/aromatic N) is 5. The van der Waals surface area contributed by atoms with Gasteiger partial charge in [0.15, 0.2) is 5.78 Å². The van der Waals surface area contributed by atoms with E-state index in [1.54, 1.807) is 31.5 Å². The van der Waals surface area contributed by atoms with Gasteiger partial charge in [-0.3, -0.25) is 4.79 Å². The molecule has 3 heterocycles. The summed E-state index contributed by atoms with van der Waals surface area (Å²) in [6.07, 6.45) is 2.18. The van der Waals surface area contributed by atoms with Crippen molar-refractivity contribution < 1.29 is 14.7 Å². The molecule has 1 atom stereocenters. The summed E-state index contributed by atoms with van der Waals surface area (Å²) in [5.41, 5.74) is 8.38. The molecule has 0 aliphatic heterocycles. The summed E-state index contributed by atoms with van der Waals surface area (Å²) < 4.78 is 0. The Balaban J connectivity index is 2.02. The largest absolute Gasteiger partial charge is 0.465 e. The molecule has 0 aliphatic rings. The molecule has 180 valence electrons. The van der Waals surface area contributed by atoms with E-state index in [0.29, 0.717) is 40.7 Å². The van der Waals surface area contributed by atoms with E-state index in [9.17, 15) is 9.59 Å². The van der Waals surface area contributed by atoms with Crippen LogP contribution in [0.3, 0.4) is 0 Å². The molecule has 11 heteroatoms. The van der Waals surface area contributed by atoms with Crippen LogP contribution in [0.15, 0.2) is 24.5 Å². The van der Waals surface area contributed by atoms with E-state index >= 15 is 0 Å². The molecule has 0 fully saturated rings. The molecule has 0 aromatic carbocycles. The van der Waals surface area contributed by atoms with Crippen molar-refractivity contribution >= 4 is 23.6 Å². The minimum absolute atomic E-state index is 0.169. The number of aromatic amines is 1. The topological polar surface area (TPSA) is 163 Å². The van der Waals surface area contributed by atoms with E-state index in [1.807, 2.05) is 20.8 Å². The maximum Gasteiger partial charge on any atom is 0.407 e. The number of H-pyrrole nitrogens is 1. The number of anilines is 2. The number of aromatic nitrogens is 5. The lowest BCUT2D eigenvalue weighted by Crippen LogP contribution is -2.38. The van der Waals surface area contributed by atoms with Crippen LogP contribution < -0.4 is 11.1 Å². The highest BCUT2D eigenvalue weighted by molar-refractivity contribution is 5.99. The van der Waals surface area contributed by atoms with Gasteiger partial charge in [0.2, 0.25) is 5.95 Å². The molecule has 3 rings (SSSR count). The molecule has 0 saturated heterocycles. The predicted octanol–water partition coefficient (Wildman–Crippen LogP) is 3.42. The molecule has 0 aliphatic carbocycles. The number of carbonyl (C=O) groups excluding carboxylic acids is 1. The number of nitrogens with two attached hydrogens (primary N) is 1. The zero-order valence-corrected chi connectivity index (χ0v) is 20.2. The Morgan fingerprint density at radius 1 is 1.26 bits per heavy atom. The predicted molar refractivity (Wildman–Crippen MR) is 130 cm³/mol. The molecule has 0 spiro atoms. The molecule has 3 aromatic heterocycles. The molecular formula is C23H30N8O3. The van der Waals surface area contributed by atoms with Crippen molar-refractivity contribution in [3.63, 3.8) is 0 Å². The van der Waals surface area contributed by atoms with Gasteiger partial charge >= 0.3 is 6.09 Å². The quantitative estimate of drug-likeness (QED) is 0.382. The Kier molecular flexibility index (Phi) is 6.85. The maximum atomic E-state index is 12.0. The van der Waals surface area contributed by atoms with Crippen LogP contribution in [0, 0.1) is 0 Å². The monoisotopic (exact) mass is 466 g/mol. The fourth-order valence-electron chi connectivity index (χ4n) is 3.16. The van der Waals surface area contributed by atoms with Crippen molar-refractivity contribution in [2.24, 2.45) is 0 Å². The van der Waals surface area contributed by atoms with Crippen LogP contribution in [-0.4, -0.2) is 66.4 Å². The van der Waals surface area contributed by atoms with E-state index in [-0.39, 0.29) is 23.1 Å². The zero-order valence-electron chi connectivity index (χ0n) is 20.2. The molecular weight excluding hydrogens is 436 g/mol. The van der Waals surface area contributed by atoms with Crippen LogP contribution in [0.4, 0.5) is 16.6 Å². The molecule has 34 heavy (non-hydrogen) atoms. The first-order valence-corrected chi connectivity index (χ1v) is 10.8. The molecule has 1 amide bonds. The van der Waals surface area contributed by atoms with E-state index in [2.05, 4.69) is 25.3 Å². The fraction of sp³-hybridized carbons (Fsp3) is 0.391. The third kappa shape index (κ3) is 5.30. The number of carbonyl (C=O) groups is 2. The first-order chi connectivity index (χ1) is 15.9. The smallest absolute Gasteiger partial charge is 0.407 e. The summed E-state index contributed by atoms with van der Waals surface area (Å²) in [6, 6.07) is 3.14. The van der Waals surface area contributed by atoms with Gasteiger partial charge in [-0.25, -0.2) is 24.7 Å². The lowest BCUT2D eigenvalue weighted by atomic mass is 9.96. The number of hydrogen-bond acceptors (Lipinski definition) is 8. The van der Waals surface area contributed by atoms with Crippen LogP contribution in [-0.2, 0) is 5.41 Å². The van der Waals surface area contributed by atoms with Crippen molar-refractivity contribution in [2.45, 2.75) is 46.1 Å². The standard InChI is InChI=1S/C23H30N8O3/c1-12(31(6)22(33)34)10-27-21-25-8-7-16(28-21)18-17(29-20(30-18)23(3,4)5)14-9-15(13(2)32)19(24)26-11-14/h7-9,11-12H,10H2,1-6H3,(H2,24,26)(H,29,30)(H,33,34)(H,25,27,28)/t12-/m0/s1. The highest BCUT2D eigenvalue weighted by Gasteiger charge is 2.24. The summed E-state index contributed by atoms with van der Waals surface area (Å²) in [6.45, 7) is 9.67. The number of Topliss-reactive ketones (excluding diaryl/α,β-unsaturated/α-hetero) is 1. The SMILES string of the molecule is CC(=O)c1cc(-c2[nH]c(C(C)(C)C)nc2-c2ccnc(NC[C@H](C)N(C)C(=O)O)n2)cnc1N. The average Bonchev–Trinajstić information content (AvgIpc) is 3.23. The second-order valence-corrected chi connectivity index (χ2v) is 9.16. The van der Waals surface area contributed by atoms with Crippen LogP contribution >= 0.6 is 0 Å². The molecule has 0 saturated carbocycles. The van der Waals surface area contributed by atoms with E-state index in [0.717, 1.165) is 5.82 Å². The highest BCUT2D eigenvalue weighted by Crippen LogP contribution is 2.33. The Morgan fingerprint density at radius 2 is 1.97 bits per heavy atom. The highest BCUT2D eigenvalue weighted by atomic mass is 16.4. The summed E-state index contributed by atoms with van der Waals surface area (Å²) in [4.78, 5) is 45.6. The van der Waals surface area contributed by atoms with Gasteiger partial charge in [0.25, 0.3) is 0 Å². The van der Waals surface area contributed by atoms with Gasteiger partial charge in [-0.1, -0.05) is 20.8 Å². The minimum Gasteiger partial charge on any atom is -0.465 e. The Bertz CT molecular complexity index is 1220. The maximum absolute atomic E-state index is 12.0. The number of carboxylic acid groups (broad SMARTS) is 1. The number of pyridine rings is 1. The average molecular weight is 467 g/mol. The number of likely N-dealkylation sites (N-methyl/N-ethyl adjacent to an activating group) is 1. The second-order valence-electron chi connectivity index (χ2n) is 9.16. The number of rotatable bonds is 7. The number of nitrogens with one attached hydrogen (secondary N) is 2. The Hall–Kier alpha value is -4.02. The van der Waals surface area contributed by atoms with Crippen LogP contribution in [0.1, 0.15) is 50.8 Å². The number of imidazole rings is 1. The van der Waals surface area contributed by atoms with Gasteiger partial charge in [0.1, 0.15) is 17.3 Å². The van der Waals surface area contributed by atoms with Gasteiger partial charge < -0.3 is 26.0 Å². The van der Waals surface area contributed by atoms with Gasteiger partial charge in [-0.05, 0) is 26.0 Å². The van der Waals surface area contributed by atoms with Crippen LogP contribution in [0.5, 0.6) is 0 Å². The van der Waals surface area contributed by atoms with Gasteiger partial charge in [0, 0.05) is 43.0 Å². The van der Waals surface area contributed by atoms with Crippen molar-refractivity contribution in [2.75, 3.05) is 24.6 Å². The fourth-order valence-corrected chi connectivity index (χ4v) is 3.16. The molecule has 11 nitrogen and oxygen atoms in total. The molecule has 5 N–H and O–H groups in total. The van der Waals surface area contributed by atoms with Crippen LogP contribution in [0.25, 0.3) is 22.6 Å². The second kappa shape index (κ2) is 9.46. The van der Waals surface area contributed by atoms with Gasteiger partial charge in [-0.15, -0.1) is 0 Å². The first-order valence-electron chi connectivity index (χ1n) is 10.8. The summed E-state index contributed by atoms with van der Waals surface area (Å²) in [5, 5.41) is 12.2. The summed E-state index contributed by atoms with van der Waals surface area (Å²) in [7, 11) is 1.51. The van der Waals surface area contributed by atoms with Gasteiger partial charge in [0.05, 0.1) is 17.0 Å². The zero-order chi connectivity index (χ0) is 25.2. The number of hydrogen-bond donors (Lipinski definition) is 4. The van der Waals surface area contributed by atoms with Crippen molar-refractivity contribution in [3.05, 3.63) is 35.9 Å². The third-order valence-corrected chi connectivity index (χ3v) is 5.42. The molecule has 0 radical (unpaired) electrons. The van der Waals surface area contributed by atoms with E-state index in [1.165, 1.54) is 18.9 Å².